The van der Waals surface area contributed by atoms with Crippen molar-refractivity contribution in [1.29, 1.82) is 0 Å². The molecular formula is C20H34O3. The van der Waals surface area contributed by atoms with E-state index in [1.807, 2.05) is 6.92 Å². The number of rotatable bonds is 0. The van der Waals surface area contributed by atoms with Gasteiger partial charge in [0.05, 0.1) is 17.8 Å². The number of fused-ring (bicyclic) bond motifs is 5. The Bertz CT molecular complexity index is 489. The zero-order valence-corrected chi connectivity index (χ0v) is 15.0. The Morgan fingerprint density at radius 1 is 0.826 bits per heavy atom. The van der Waals surface area contributed by atoms with Crippen molar-refractivity contribution in [2.45, 2.75) is 89.9 Å². The van der Waals surface area contributed by atoms with Crippen LogP contribution < -0.4 is 0 Å². The summed E-state index contributed by atoms with van der Waals surface area (Å²) in [7, 11) is 0. The molecule has 4 aliphatic rings. The lowest BCUT2D eigenvalue weighted by Crippen LogP contribution is -2.57. The van der Waals surface area contributed by atoms with E-state index in [-0.39, 0.29) is 11.5 Å². The third-order valence-electron chi connectivity index (χ3n) is 9.31. The molecule has 23 heavy (non-hydrogen) atoms. The molecule has 3 N–H and O–H groups in total. The average Bonchev–Trinajstić information content (AvgIpc) is 2.67. The summed E-state index contributed by atoms with van der Waals surface area (Å²) in [6.45, 7) is 6.57. The Morgan fingerprint density at radius 3 is 2.30 bits per heavy atom. The SMILES string of the molecule is CC1(O)C(O)C[C@H]2[C@@H]3CCC4CC(O)CC[C@]4(C)[C@@H]3CC[C@@]21C. The molecule has 0 heterocycles. The zero-order chi connectivity index (χ0) is 16.6. The molecule has 9 atom stereocenters. The topological polar surface area (TPSA) is 60.7 Å². The van der Waals surface area contributed by atoms with E-state index in [0.717, 1.165) is 32.1 Å². The molecule has 4 saturated carbocycles. The second-order valence-corrected chi connectivity index (χ2v) is 9.94. The Morgan fingerprint density at radius 2 is 1.57 bits per heavy atom. The van der Waals surface area contributed by atoms with Crippen molar-refractivity contribution in [2.75, 3.05) is 0 Å². The van der Waals surface area contributed by atoms with E-state index in [9.17, 15) is 15.3 Å². The van der Waals surface area contributed by atoms with Crippen molar-refractivity contribution >= 4 is 0 Å². The summed E-state index contributed by atoms with van der Waals surface area (Å²) in [6, 6.07) is 0. The van der Waals surface area contributed by atoms with Gasteiger partial charge in [-0.25, -0.2) is 0 Å². The lowest BCUT2D eigenvalue weighted by Gasteiger charge is -2.61. The van der Waals surface area contributed by atoms with E-state index >= 15 is 0 Å². The zero-order valence-electron chi connectivity index (χ0n) is 15.0. The van der Waals surface area contributed by atoms with Crippen LogP contribution in [0.5, 0.6) is 0 Å². The highest BCUT2D eigenvalue weighted by Gasteiger charge is 2.66. The molecule has 0 amide bonds. The minimum Gasteiger partial charge on any atom is -0.393 e. The smallest absolute Gasteiger partial charge is 0.0933 e. The molecule has 0 aliphatic heterocycles. The molecule has 0 radical (unpaired) electrons. The average molecular weight is 322 g/mol. The van der Waals surface area contributed by atoms with Gasteiger partial charge in [-0.3, -0.25) is 0 Å². The van der Waals surface area contributed by atoms with E-state index in [1.165, 1.54) is 19.3 Å². The van der Waals surface area contributed by atoms with E-state index in [1.54, 1.807) is 0 Å². The van der Waals surface area contributed by atoms with Gasteiger partial charge in [0.25, 0.3) is 0 Å². The molecule has 4 rings (SSSR count). The molecule has 4 aliphatic carbocycles. The predicted octanol–water partition coefficient (Wildman–Crippen LogP) is 3.11. The summed E-state index contributed by atoms with van der Waals surface area (Å²) >= 11 is 0. The molecule has 0 aromatic rings. The van der Waals surface area contributed by atoms with Crippen LogP contribution >= 0.6 is 0 Å². The fraction of sp³-hybridized carbons (Fsp3) is 1.00. The van der Waals surface area contributed by atoms with Gasteiger partial charge in [-0.15, -0.1) is 0 Å². The molecular weight excluding hydrogens is 288 g/mol. The van der Waals surface area contributed by atoms with E-state index in [0.29, 0.717) is 29.1 Å². The first-order valence-corrected chi connectivity index (χ1v) is 9.78. The van der Waals surface area contributed by atoms with Gasteiger partial charge in [0.15, 0.2) is 0 Å². The first-order chi connectivity index (χ1) is 10.7. The quantitative estimate of drug-likeness (QED) is 0.642. The van der Waals surface area contributed by atoms with Crippen LogP contribution in [0.25, 0.3) is 0 Å². The van der Waals surface area contributed by atoms with Crippen molar-refractivity contribution in [3.63, 3.8) is 0 Å². The highest BCUT2D eigenvalue weighted by molar-refractivity contribution is 5.15. The van der Waals surface area contributed by atoms with Gasteiger partial charge in [-0.1, -0.05) is 13.8 Å². The largest absolute Gasteiger partial charge is 0.393 e. The van der Waals surface area contributed by atoms with Crippen LogP contribution in [-0.2, 0) is 0 Å². The summed E-state index contributed by atoms with van der Waals surface area (Å²) in [5, 5.41) is 31.5. The van der Waals surface area contributed by atoms with E-state index in [2.05, 4.69) is 13.8 Å². The molecule has 0 saturated heterocycles. The third kappa shape index (κ3) is 1.99. The molecule has 0 aromatic heterocycles. The minimum atomic E-state index is -0.941. The minimum absolute atomic E-state index is 0.0903. The molecule has 3 nitrogen and oxygen atoms in total. The molecule has 132 valence electrons. The first kappa shape index (κ1) is 16.4. The van der Waals surface area contributed by atoms with Crippen molar-refractivity contribution < 1.29 is 15.3 Å². The van der Waals surface area contributed by atoms with Gasteiger partial charge in [0.2, 0.25) is 0 Å². The van der Waals surface area contributed by atoms with E-state index in [4.69, 9.17) is 0 Å². The van der Waals surface area contributed by atoms with Crippen molar-refractivity contribution in [3.05, 3.63) is 0 Å². The fourth-order valence-corrected chi connectivity index (χ4v) is 7.47. The Labute approximate surface area is 140 Å². The van der Waals surface area contributed by atoms with Crippen LogP contribution in [0.2, 0.25) is 0 Å². The maximum atomic E-state index is 11.0. The Kier molecular flexibility index (Phi) is 3.52. The molecule has 0 spiro atoms. The number of aliphatic hydroxyl groups excluding tert-OH is 2. The van der Waals surface area contributed by atoms with Crippen LogP contribution in [0.3, 0.4) is 0 Å². The Hall–Kier alpha value is -0.120. The molecule has 4 unspecified atom stereocenters. The van der Waals surface area contributed by atoms with Crippen LogP contribution in [0.4, 0.5) is 0 Å². The molecule has 0 aromatic carbocycles. The third-order valence-corrected chi connectivity index (χ3v) is 9.31. The van der Waals surface area contributed by atoms with Crippen LogP contribution in [0.1, 0.15) is 72.1 Å². The van der Waals surface area contributed by atoms with Crippen molar-refractivity contribution in [2.24, 2.45) is 34.5 Å². The summed E-state index contributed by atoms with van der Waals surface area (Å²) < 4.78 is 0. The normalized spacial score (nSPS) is 62.3. The highest BCUT2D eigenvalue weighted by atomic mass is 16.3. The number of hydrogen-bond donors (Lipinski definition) is 3. The van der Waals surface area contributed by atoms with Crippen LogP contribution in [-0.4, -0.2) is 33.1 Å². The standard InChI is InChI=1S/C20H34O3/c1-18-8-6-13(21)10-12(18)4-5-14-15(18)7-9-19(2)16(14)11-17(22)20(19,3)23/h12-17,21-23H,4-11H2,1-3H3/t12?,13?,14-,15-,16+,17?,18+,19+,20?/m1/s1. The van der Waals surface area contributed by atoms with Gasteiger partial charge in [0, 0.05) is 5.41 Å². The summed E-state index contributed by atoms with van der Waals surface area (Å²) in [4.78, 5) is 0. The second-order valence-electron chi connectivity index (χ2n) is 9.94. The van der Waals surface area contributed by atoms with E-state index < -0.39 is 11.7 Å². The maximum absolute atomic E-state index is 11.0. The summed E-state index contributed by atoms with van der Waals surface area (Å²) in [5.41, 5.74) is -0.711. The molecule has 4 fully saturated rings. The van der Waals surface area contributed by atoms with Gasteiger partial charge < -0.3 is 15.3 Å². The summed E-state index contributed by atoms with van der Waals surface area (Å²) in [6.07, 6.45) is 7.87. The molecule has 3 heteroatoms. The Balaban J connectivity index is 1.65. The lowest BCUT2D eigenvalue weighted by molar-refractivity contribution is -0.164. The summed E-state index contributed by atoms with van der Waals surface area (Å²) in [5.74, 6) is 2.49. The first-order valence-electron chi connectivity index (χ1n) is 9.78. The predicted molar refractivity (Wildman–Crippen MR) is 89.7 cm³/mol. The van der Waals surface area contributed by atoms with Crippen molar-refractivity contribution in [3.8, 4) is 0 Å². The van der Waals surface area contributed by atoms with Gasteiger partial charge >= 0.3 is 0 Å². The molecule has 0 bridgehead atoms. The van der Waals surface area contributed by atoms with Gasteiger partial charge in [-0.2, -0.15) is 0 Å². The fourth-order valence-electron chi connectivity index (χ4n) is 7.47. The van der Waals surface area contributed by atoms with Crippen molar-refractivity contribution in [1.82, 2.24) is 0 Å². The lowest BCUT2D eigenvalue weighted by atomic mass is 9.44. The number of aliphatic hydroxyl groups is 3. The second kappa shape index (κ2) is 4.95. The highest BCUT2D eigenvalue weighted by Crippen LogP contribution is 2.68. The van der Waals surface area contributed by atoms with Crippen LogP contribution in [0.15, 0.2) is 0 Å². The maximum Gasteiger partial charge on any atom is 0.0933 e. The van der Waals surface area contributed by atoms with Crippen LogP contribution in [0, 0.1) is 34.5 Å². The monoisotopic (exact) mass is 322 g/mol. The number of hydrogen-bond acceptors (Lipinski definition) is 3. The van der Waals surface area contributed by atoms with Gasteiger partial charge in [0.1, 0.15) is 0 Å². The van der Waals surface area contributed by atoms with Gasteiger partial charge in [-0.05, 0) is 87.4 Å².